The maximum atomic E-state index is 12.3. The first-order valence-electron chi connectivity index (χ1n) is 7.46. The van der Waals surface area contributed by atoms with Gasteiger partial charge in [-0.3, -0.25) is 9.59 Å². The minimum atomic E-state index is -0.603. The molecule has 1 aliphatic rings. The van der Waals surface area contributed by atoms with Gasteiger partial charge in [-0.15, -0.1) is 0 Å². The number of carbonyl (C=O) groups is 2. The Morgan fingerprint density at radius 3 is 2.43 bits per heavy atom. The molecule has 1 atom stereocenters. The van der Waals surface area contributed by atoms with Gasteiger partial charge in [0.25, 0.3) is 5.91 Å². The quantitative estimate of drug-likeness (QED) is 0.863. The van der Waals surface area contributed by atoms with Gasteiger partial charge in [-0.05, 0) is 25.1 Å². The second kappa shape index (κ2) is 7.82. The first-order valence-corrected chi connectivity index (χ1v) is 7.46. The number of hydrogen-bond donors (Lipinski definition) is 1. The monoisotopic (exact) mass is 322 g/mol. The molecule has 0 aromatic heterocycles. The van der Waals surface area contributed by atoms with Gasteiger partial charge in [0.2, 0.25) is 5.91 Å². The number of hydrogen-bond acceptors (Lipinski definition) is 5. The van der Waals surface area contributed by atoms with Crippen LogP contribution in [0.5, 0.6) is 11.5 Å². The highest BCUT2D eigenvalue weighted by atomic mass is 16.5. The molecule has 23 heavy (non-hydrogen) atoms. The van der Waals surface area contributed by atoms with Gasteiger partial charge in [0.15, 0.2) is 11.5 Å². The zero-order valence-electron chi connectivity index (χ0n) is 13.6. The summed E-state index contributed by atoms with van der Waals surface area (Å²) in [6, 6.07) is 4.26. The predicted octanol–water partition coefficient (Wildman–Crippen LogP) is 0.681. The van der Waals surface area contributed by atoms with E-state index in [4.69, 9.17) is 14.2 Å². The first kappa shape index (κ1) is 17.1. The zero-order valence-corrected chi connectivity index (χ0v) is 13.6. The minimum Gasteiger partial charge on any atom is -0.493 e. The Bertz CT molecular complexity index is 570. The van der Waals surface area contributed by atoms with Crippen LogP contribution in [-0.4, -0.2) is 63.3 Å². The molecule has 126 valence electrons. The van der Waals surface area contributed by atoms with Crippen LogP contribution in [0, 0.1) is 0 Å². The highest BCUT2D eigenvalue weighted by Crippen LogP contribution is 2.27. The fourth-order valence-corrected chi connectivity index (χ4v) is 2.38. The van der Waals surface area contributed by atoms with E-state index in [2.05, 4.69) is 5.32 Å². The van der Waals surface area contributed by atoms with Crippen LogP contribution in [0.25, 0.3) is 0 Å². The summed E-state index contributed by atoms with van der Waals surface area (Å²) in [5.74, 6) is 0.566. The number of nitrogens with one attached hydrogen (secondary N) is 1. The SMILES string of the molecule is COc1ccc(C(=O)NC(C)C(=O)N2CCOCC2)cc1OC. The molecule has 1 fully saturated rings. The first-order chi connectivity index (χ1) is 11.1. The Kier molecular flexibility index (Phi) is 5.81. The van der Waals surface area contributed by atoms with Crippen molar-refractivity contribution in [2.45, 2.75) is 13.0 Å². The smallest absolute Gasteiger partial charge is 0.252 e. The lowest BCUT2D eigenvalue weighted by molar-refractivity contribution is -0.136. The Labute approximate surface area is 135 Å². The molecule has 0 bridgehead atoms. The van der Waals surface area contributed by atoms with Gasteiger partial charge in [0, 0.05) is 18.7 Å². The summed E-state index contributed by atoms with van der Waals surface area (Å²) >= 11 is 0. The van der Waals surface area contributed by atoms with Crippen LogP contribution < -0.4 is 14.8 Å². The molecule has 1 unspecified atom stereocenters. The van der Waals surface area contributed by atoms with Gasteiger partial charge in [-0.25, -0.2) is 0 Å². The minimum absolute atomic E-state index is 0.109. The van der Waals surface area contributed by atoms with E-state index < -0.39 is 6.04 Å². The fourth-order valence-electron chi connectivity index (χ4n) is 2.38. The molecule has 1 aromatic carbocycles. The topological polar surface area (TPSA) is 77.1 Å². The van der Waals surface area contributed by atoms with Crippen molar-refractivity contribution in [3.63, 3.8) is 0 Å². The standard InChI is InChI=1S/C16H22N2O5/c1-11(16(20)18-6-8-23-9-7-18)17-15(19)12-4-5-13(21-2)14(10-12)22-3/h4-5,10-11H,6-9H2,1-3H3,(H,17,19). The third kappa shape index (κ3) is 4.13. The zero-order chi connectivity index (χ0) is 16.8. The van der Waals surface area contributed by atoms with E-state index >= 15 is 0 Å². The van der Waals surface area contributed by atoms with E-state index in [0.717, 1.165) is 0 Å². The summed E-state index contributed by atoms with van der Waals surface area (Å²) in [7, 11) is 3.03. The van der Waals surface area contributed by atoms with Crippen molar-refractivity contribution < 1.29 is 23.8 Å². The molecule has 1 saturated heterocycles. The number of morpholine rings is 1. The summed E-state index contributed by atoms with van der Waals surface area (Å²) in [6.07, 6.45) is 0. The highest BCUT2D eigenvalue weighted by molar-refractivity contribution is 5.98. The summed E-state index contributed by atoms with van der Waals surface area (Å²) in [4.78, 5) is 26.3. The molecule has 0 saturated carbocycles. The molecule has 0 spiro atoms. The highest BCUT2D eigenvalue weighted by Gasteiger charge is 2.24. The van der Waals surface area contributed by atoms with E-state index in [1.165, 1.54) is 14.2 Å². The average molecular weight is 322 g/mol. The van der Waals surface area contributed by atoms with Crippen molar-refractivity contribution in [3.8, 4) is 11.5 Å². The maximum Gasteiger partial charge on any atom is 0.252 e. The molecular formula is C16H22N2O5. The Morgan fingerprint density at radius 1 is 1.17 bits per heavy atom. The van der Waals surface area contributed by atoms with Crippen molar-refractivity contribution >= 4 is 11.8 Å². The van der Waals surface area contributed by atoms with Crippen LogP contribution in [0.3, 0.4) is 0 Å². The predicted molar refractivity (Wildman–Crippen MR) is 83.9 cm³/mol. The fraction of sp³-hybridized carbons (Fsp3) is 0.500. The van der Waals surface area contributed by atoms with Crippen LogP contribution in [0.15, 0.2) is 18.2 Å². The second-order valence-electron chi connectivity index (χ2n) is 5.20. The second-order valence-corrected chi connectivity index (χ2v) is 5.20. The molecular weight excluding hydrogens is 300 g/mol. The van der Waals surface area contributed by atoms with Crippen molar-refractivity contribution in [2.24, 2.45) is 0 Å². The number of nitrogens with zero attached hydrogens (tertiary/aromatic N) is 1. The summed E-state index contributed by atoms with van der Waals surface area (Å²) in [5.41, 5.74) is 0.407. The lowest BCUT2D eigenvalue weighted by Crippen LogP contribution is -2.50. The molecule has 1 N–H and O–H groups in total. The molecule has 1 aromatic rings. The van der Waals surface area contributed by atoms with E-state index in [9.17, 15) is 9.59 Å². The molecule has 7 heteroatoms. The van der Waals surface area contributed by atoms with Gasteiger partial charge in [-0.2, -0.15) is 0 Å². The average Bonchev–Trinajstić information content (AvgIpc) is 2.60. The normalized spacial score (nSPS) is 15.7. The van der Waals surface area contributed by atoms with Crippen LogP contribution in [0.2, 0.25) is 0 Å². The number of methoxy groups -OCH3 is 2. The van der Waals surface area contributed by atoms with Crippen LogP contribution in [0.4, 0.5) is 0 Å². The van der Waals surface area contributed by atoms with E-state index in [0.29, 0.717) is 43.4 Å². The number of carbonyl (C=O) groups excluding carboxylic acids is 2. The third-order valence-electron chi connectivity index (χ3n) is 3.69. The number of amides is 2. The third-order valence-corrected chi connectivity index (χ3v) is 3.69. The molecule has 1 heterocycles. The Hall–Kier alpha value is -2.28. The summed E-state index contributed by atoms with van der Waals surface area (Å²) < 4.78 is 15.5. The van der Waals surface area contributed by atoms with Gasteiger partial charge < -0.3 is 24.4 Å². The molecule has 0 radical (unpaired) electrons. The van der Waals surface area contributed by atoms with Gasteiger partial charge in [0.1, 0.15) is 6.04 Å². The largest absolute Gasteiger partial charge is 0.493 e. The molecule has 2 rings (SSSR count). The molecule has 2 amide bonds. The number of ether oxygens (including phenoxy) is 3. The van der Waals surface area contributed by atoms with Crippen LogP contribution >= 0.6 is 0 Å². The van der Waals surface area contributed by atoms with E-state index in [1.807, 2.05) is 0 Å². The van der Waals surface area contributed by atoms with E-state index in [1.54, 1.807) is 30.0 Å². The lowest BCUT2D eigenvalue weighted by atomic mass is 10.1. The maximum absolute atomic E-state index is 12.3. The van der Waals surface area contributed by atoms with Crippen molar-refractivity contribution in [1.82, 2.24) is 10.2 Å². The summed E-state index contributed by atoms with van der Waals surface area (Å²) in [6.45, 7) is 3.84. The van der Waals surface area contributed by atoms with Crippen LogP contribution in [0.1, 0.15) is 17.3 Å². The number of rotatable bonds is 5. The molecule has 7 nitrogen and oxygen atoms in total. The molecule has 0 aliphatic carbocycles. The van der Waals surface area contributed by atoms with Gasteiger partial charge in [-0.1, -0.05) is 0 Å². The van der Waals surface area contributed by atoms with Gasteiger partial charge in [0.05, 0.1) is 27.4 Å². The van der Waals surface area contributed by atoms with Crippen molar-refractivity contribution in [3.05, 3.63) is 23.8 Å². The van der Waals surface area contributed by atoms with Crippen LogP contribution in [-0.2, 0) is 9.53 Å². The Morgan fingerprint density at radius 2 is 1.83 bits per heavy atom. The van der Waals surface area contributed by atoms with Gasteiger partial charge >= 0.3 is 0 Å². The Balaban J connectivity index is 2.01. The molecule has 1 aliphatic heterocycles. The van der Waals surface area contributed by atoms with Crippen molar-refractivity contribution in [2.75, 3.05) is 40.5 Å². The lowest BCUT2D eigenvalue weighted by Gasteiger charge is -2.29. The van der Waals surface area contributed by atoms with Crippen molar-refractivity contribution in [1.29, 1.82) is 0 Å². The van der Waals surface area contributed by atoms with E-state index in [-0.39, 0.29) is 11.8 Å². The summed E-state index contributed by atoms with van der Waals surface area (Å²) in [5, 5.41) is 2.71. The number of benzene rings is 1.